The van der Waals surface area contributed by atoms with Gasteiger partial charge in [0.05, 0.1) is 18.9 Å². The third kappa shape index (κ3) is 2.96. The fourth-order valence-corrected chi connectivity index (χ4v) is 2.20. The first kappa shape index (κ1) is 14.4. The number of nitrogens with zero attached hydrogens (tertiary/aromatic N) is 1. The first-order chi connectivity index (χ1) is 8.29. The molecular weight excluding hydrogens is 280 g/mol. The number of carbonyl (C=O) groups excluding carboxylic acids is 1. The maximum Gasteiger partial charge on any atom is 0.325 e. The molecule has 1 aromatic rings. The number of esters is 1. The van der Waals surface area contributed by atoms with Crippen molar-refractivity contribution in [1.29, 1.82) is 0 Å². The minimum absolute atomic E-state index is 0.0123. The molecule has 1 rings (SSSR count). The van der Waals surface area contributed by atoms with E-state index in [0.717, 1.165) is 7.11 Å². The molecule has 0 aromatic carbocycles. The summed E-state index contributed by atoms with van der Waals surface area (Å²) < 4.78 is 30.2. The number of aromatic amines is 1. The number of anilines is 1. The van der Waals surface area contributed by atoms with Crippen LogP contribution >= 0.6 is 12.2 Å². The number of ether oxygens (including phenoxy) is 1. The van der Waals surface area contributed by atoms with Crippen LogP contribution < -0.4 is 10.5 Å². The van der Waals surface area contributed by atoms with Crippen molar-refractivity contribution in [3.63, 3.8) is 0 Å². The summed E-state index contributed by atoms with van der Waals surface area (Å²) in [7, 11) is -2.86. The molecule has 0 aliphatic carbocycles. The summed E-state index contributed by atoms with van der Waals surface area (Å²) in [6, 6.07) is 0. The molecule has 100 valence electrons. The van der Waals surface area contributed by atoms with Gasteiger partial charge in [-0.05, 0) is 6.92 Å². The molecule has 1 atom stereocenters. The van der Waals surface area contributed by atoms with Crippen LogP contribution in [0.2, 0.25) is 0 Å². The summed E-state index contributed by atoms with van der Waals surface area (Å²) in [6.07, 6.45) is 1.28. The van der Waals surface area contributed by atoms with E-state index < -0.39 is 21.2 Å². The van der Waals surface area contributed by atoms with Gasteiger partial charge in [-0.3, -0.25) is 14.6 Å². The number of thiocarbonyl (C=S) groups is 1. The van der Waals surface area contributed by atoms with Crippen molar-refractivity contribution >= 4 is 39.0 Å². The van der Waals surface area contributed by atoms with Crippen molar-refractivity contribution in [1.82, 2.24) is 10.2 Å². The molecule has 0 aliphatic rings. The number of carbonyl (C=O) groups is 1. The van der Waals surface area contributed by atoms with E-state index in [-0.39, 0.29) is 16.4 Å². The summed E-state index contributed by atoms with van der Waals surface area (Å²) in [5, 5.41) is 4.64. The highest BCUT2D eigenvalue weighted by Crippen LogP contribution is 2.15. The molecule has 0 radical (unpaired) electrons. The first-order valence-corrected chi connectivity index (χ1v) is 6.67. The van der Waals surface area contributed by atoms with E-state index in [1.807, 2.05) is 0 Å². The van der Waals surface area contributed by atoms with Gasteiger partial charge in [0.1, 0.15) is 10.8 Å². The molecule has 8 nitrogen and oxygen atoms in total. The average molecular weight is 292 g/mol. The smallest absolute Gasteiger partial charge is 0.325 e. The van der Waals surface area contributed by atoms with Crippen LogP contribution in [-0.4, -0.2) is 41.9 Å². The number of H-pyrrole nitrogens is 1. The summed E-state index contributed by atoms with van der Waals surface area (Å²) in [4.78, 5) is 11.2. The standard InChI is InChI=1S/C8H12N4O4S2/c1-4(8(13)16-2)18(14,15)12-7-5(6(9)17)3-10-11-7/h3-4H,1-2H3,(H2,9,17)(H2,10,11,12). The minimum Gasteiger partial charge on any atom is -0.468 e. The van der Waals surface area contributed by atoms with Crippen molar-refractivity contribution in [3.05, 3.63) is 11.8 Å². The van der Waals surface area contributed by atoms with Crippen molar-refractivity contribution in [3.8, 4) is 0 Å². The van der Waals surface area contributed by atoms with Gasteiger partial charge in [0.15, 0.2) is 5.25 Å². The van der Waals surface area contributed by atoms with Crippen LogP contribution in [0, 0.1) is 0 Å². The van der Waals surface area contributed by atoms with E-state index in [9.17, 15) is 13.2 Å². The second-order valence-corrected chi connectivity index (χ2v) is 5.78. The Labute approximate surface area is 109 Å². The van der Waals surface area contributed by atoms with E-state index in [1.54, 1.807) is 0 Å². The first-order valence-electron chi connectivity index (χ1n) is 4.72. The zero-order valence-corrected chi connectivity index (χ0v) is 11.3. The van der Waals surface area contributed by atoms with Crippen LogP contribution in [0.4, 0.5) is 5.82 Å². The van der Waals surface area contributed by atoms with Crippen molar-refractivity contribution in [2.45, 2.75) is 12.2 Å². The quantitative estimate of drug-likeness (QED) is 0.486. The monoisotopic (exact) mass is 292 g/mol. The number of nitrogens with two attached hydrogens (primary N) is 1. The van der Waals surface area contributed by atoms with Crippen LogP contribution in [0.5, 0.6) is 0 Å². The molecule has 0 amide bonds. The molecule has 0 aliphatic heterocycles. The number of sulfonamides is 1. The van der Waals surface area contributed by atoms with Crippen molar-refractivity contribution < 1.29 is 17.9 Å². The molecule has 0 saturated heterocycles. The second kappa shape index (κ2) is 5.31. The van der Waals surface area contributed by atoms with Gasteiger partial charge in [-0.1, -0.05) is 12.2 Å². The zero-order valence-electron chi connectivity index (χ0n) is 9.63. The molecule has 0 saturated carbocycles. The van der Waals surface area contributed by atoms with Gasteiger partial charge in [0.2, 0.25) is 10.0 Å². The highest BCUT2D eigenvalue weighted by Gasteiger charge is 2.30. The predicted octanol–water partition coefficient (Wildman–Crippen LogP) is -0.653. The lowest BCUT2D eigenvalue weighted by Crippen LogP contribution is -2.33. The predicted molar refractivity (Wildman–Crippen MR) is 68.5 cm³/mol. The van der Waals surface area contributed by atoms with Crippen LogP contribution in [0.3, 0.4) is 0 Å². The molecular formula is C8H12N4O4S2. The van der Waals surface area contributed by atoms with Gasteiger partial charge in [-0.25, -0.2) is 8.42 Å². The van der Waals surface area contributed by atoms with Crippen LogP contribution in [0.25, 0.3) is 0 Å². The maximum absolute atomic E-state index is 11.8. The van der Waals surface area contributed by atoms with Gasteiger partial charge in [-0.2, -0.15) is 5.10 Å². The lowest BCUT2D eigenvalue weighted by atomic mass is 10.3. The normalized spacial score (nSPS) is 12.8. The van der Waals surface area contributed by atoms with Gasteiger partial charge >= 0.3 is 5.97 Å². The molecule has 0 bridgehead atoms. The van der Waals surface area contributed by atoms with Gasteiger partial charge in [0.25, 0.3) is 0 Å². The molecule has 1 aromatic heterocycles. The molecule has 1 heterocycles. The Hall–Kier alpha value is -1.68. The van der Waals surface area contributed by atoms with Crippen LogP contribution in [0.15, 0.2) is 6.20 Å². The van der Waals surface area contributed by atoms with Gasteiger partial charge < -0.3 is 10.5 Å². The Balaban J connectivity index is 2.99. The van der Waals surface area contributed by atoms with Crippen LogP contribution in [-0.2, 0) is 19.6 Å². The molecule has 10 heteroatoms. The number of methoxy groups -OCH3 is 1. The minimum atomic E-state index is -3.96. The molecule has 0 spiro atoms. The van der Waals surface area contributed by atoms with Gasteiger partial charge in [-0.15, -0.1) is 0 Å². The Bertz CT molecular complexity index is 565. The second-order valence-electron chi connectivity index (χ2n) is 3.34. The van der Waals surface area contributed by atoms with Crippen LogP contribution in [0.1, 0.15) is 12.5 Å². The Kier molecular flexibility index (Phi) is 4.24. The Morgan fingerprint density at radius 2 is 2.28 bits per heavy atom. The number of nitrogens with one attached hydrogen (secondary N) is 2. The summed E-state index contributed by atoms with van der Waals surface area (Å²) in [6.45, 7) is 1.20. The number of rotatable bonds is 5. The number of hydrogen-bond acceptors (Lipinski definition) is 6. The lowest BCUT2D eigenvalue weighted by Gasteiger charge is -2.12. The summed E-state index contributed by atoms with van der Waals surface area (Å²) >= 11 is 4.72. The molecule has 18 heavy (non-hydrogen) atoms. The molecule has 0 fully saturated rings. The third-order valence-corrected chi connectivity index (χ3v) is 3.98. The van der Waals surface area contributed by atoms with E-state index in [4.69, 9.17) is 18.0 Å². The molecule has 1 unspecified atom stereocenters. The average Bonchev–Trinajstić information content (AvgIpc) is 2.74. The highest BCUT2D eigenvalue weighted by atomic mass is 32.2. The lowest BCUT2D eigenvalue weighted by molar-refractivity contribution is -0.139. The fourth-order valence-electron chi connectivity index (χ4n) is 1.07. The maximum atomic E-state index is 11.8. The summed E-state index contributed by atoms with van der Waals surface area (Å²) in [5.74, 6) is -0.864. The largest absolute Gasteiger partial charge is 0.468 e. The highest BCUT2D eigenvalue weighted by molar-refractivity contribution is 7.94. The Morgan fingerprint density at radius 1 is 1.67 bits per heavy atom. The van der Waals surface area contributed by atoms with E-state index in [1.165, 1.54) is 13.1 Å². The van der Waals surface area contributed by atoms with Crippen molar-refractivity contribution in [2.24, 2.45) is 5.73 Å². The van der Waals surface area contributed by atoms with Crippen molar-refractivity contribution in [2.75, 3.05) is 11.8 Å². The third-order valence-electron chi connectivity index (χ3n) is 2.15. The van der Waals surface area contributed by atoms with Gasteiger partial charge in [0, 0.05) is 0 Å². The van der Waals surface area contributed by atoms with E-state index >= 15 is 0 Å². The van der Waals surface area contributed by atoms with E-state index in [0.29, 0.717) is 0 Å². The fraction of sp³-hybridized carbons (Fsp3) is 0.375. The molecule has 4 N–H and O–H groups in total. The van der Waals surface area contributed by atoms with E-state index in [2.05, 4.69) is 19.7 Å². The SMILES string of the molecule is COC(=O)C(C)S(=O)(=O)Nc1[nH]ncc1C(N)=S. The number of aromatic nitrogens is 2. The topological polar surface area (TPSA) is 127 Å². The number of hydrogen-bond donors (Lipinski definition) is 3. The zero-order chi connectivity index (χ0) is 13.9. The Morgan fingerprint density at radius 3 is 2.78 bits per heavy atom. The summed E-state index contributed by atoms with van der Waals surface area (Å²) in [5.41, 5.74) is 5.63.